The predicted molar refractivity (Wildman–Crippen MR) is 120 cm³/mol. The van der Waals surface area contributed by atoms with Crippen LogP contribution in [-0.4, -0.2) is 46.1 Å². The van der Waals surface area contributed by atoms with Crippen LogP contribution in [0.1, 0.15) is 32.6 Å². The molecule has 5 rings (SSSR count). The number of H-pyrrole nitrogens is 1. The third-order valence-corrected chi connectivity index (χ3v) is 5.11. The molecule has 0 atom stereocenters. The summed E-state index contributed by atoms with van der Waals surface area (Å²) in [5.41, 5.74) is 11.6. The fourth-order valence-corrected chi connectivity index (χ4v) is 3.52. The normalized spacial score (nSPS) is 11.0. The number of amides is 1. The molecule has 5 aromatic rings. The van der Waals surface area contributed by atoms with Gasteiger partial charge in [0.2, 0.25) is 0 Å². The van der Waals surface area contributed by atoms with Gasteiger partial charge in [-0.3, -0.25) is 9.48 Å². The van der Waals surface area contributed by atoms with Gasteiger partial charge in [-0.05, 0) is 34.9 Å². The highest BCUT2D eigenvalue weighted by molar-refractivity contribution is 5.94. The summed E-state index contributed by atoms with van der Waals surface area (Å²) in [4.78, 5) is 24.4. The van der Waals surface area contributed by atoms with Crippen molar-refractivity contribution in [2.75, 3.05) is 5.73 Å². The van der Waals surface area contributed by atoms with Gasteiger partial charge in [0.1, 0.15) is 17.7 Å². The minimum Gasteiger partial charge on any atom is -0.384 e. The first-order chi connectivity index (χ1) is 16.1. The molecule has 0 aliphatic rings. The lowest BCUT2D eigenvalue weighted by molar-refractivity contribution is 0.0951. The fourth-order valence-electron chi connectivity index (χ4n) is 3.52. The van der Waals surface area contributed by atoms with Gasteiger partial charge in [0.25, 0.3) is 5.91 Å². The largest absolute Gasteiger partial charge is 0.384 e. The highest BCUT2D eigenvalue weighted by atomic mass is 16.1. The van der Waals surface area contributed by atoms with E-state index in [1.165, 1.54) is 6.33 Å². The van der Waals surface area contributed by atoms with E-state index in [0.717, 1.165) is 22.3 Å². The van der Waals surface area contributed by atoms with Gasteiger partial charge in [0.05, 0.1) is 12.7 Å². The number of nitrogens with one attached hydrogen (secondary N) is 2. The summed E-state index contributed by atoms with van der Waals surface area (Å²) >= 11 is 0. The Hall–Kier alpha value is -4.67. The molecule has 0 saturated heterocycles. The topological polar surface area (TPSA) is 153 Å². The molecule has 1 amide bonds. The van der Waals surface area contributed by atoms with Gasteiger partial charge < -0.3 is 11.1 Å². The number of nitrogen functional groups attached to an aromatic ring is 1. The monoisotopic (exact) mass is 440 g/mol. The Kier molecular flexibility index (Phi) is 5.42. The van der Waals surface area contributed by atoms with E-state index in [9.17, 15) is 4.79 Å². The van der Waals surface area contributed by atoms with Crippen LogP contribution in [0.15, 0.2) is 61.4 Å². The first-order valence-corrected chi connectivity index (χ1v) is 10.2. The van der Waals surface area contributed by atoms with E-state index in [2.05, 4.69) is 40.8 Å². The molecule has 4 aromatic heterocycles. The molecule has 0 bridgehead atoms. The Morgan fingerprint density at radius 1 is 1.06 bits per heavy atom. The lowest BCUT2D eigenvalue weighted by Gasteiger charge is -2.06. The van der Waals surface area contributed by atoms with Crippen molar-refractivity contribution < 1.29 is 4.79 Å². The van der Waals surface area contributed by atoms with Gasteiger partial charge in [0.15, 0.2) is 5.65 Å². The van der Waals surface area contributed by atoms with E-state index in [-0.39, 0.29) is 5.91 Å². The van der Waals surface area contributed by atoms with Crippen LogP contribution in [0.5, 0.6) is 0 Å². The molecule has 164 valence electrons. The zero-order valence-corrected chi connectivity index (χ0v) is 17.5. The molecule has 11 heteroatoms. The molecule has 0 unspecified atom stereocenters. The third kappa shape index (κ3) is 4.66. The van der Waals surface area contributed by atoms with E-state index in [4.69, 9.17) is 5.73 Å². The second-order valence-electron chi connectivity index (χ2n) is 7.56. The Labute approximate surface area is 188 Å². The maximum atomic E-state index is 12.4. The first-order valence-electron chi connectivity index (χ1n) is 10.2. The summed E-state index contributed by atoms with van der Waals surface area (Å²) in [7, 11) is 0. The van der Waals surface area contributed by atoms with Crippen molar-refractivity contribution in [3.05, 3.63) is 89.3 Å². The smallest absolute Gasteiger partial charge is 0.251 e. The number of carbonyl (C=O) groups is 1. The second kappa shape index (κ2) is 8.83. The Bertz CT molecular complexity index is 1390. The lowest BCUT2D eigenvalue weighted by Crippen LogP contribution is -2.22. The second-order valence-corrected chi connectivity index (χ2v) is 7.56. The van der Waals surface area contributed by atoms with Crippen LogP contribution in [0, 0.1) is 0 Å². The molecule has 33 heavy (non-hydrogen) atoms. The number of rotatable bonds is 7. The standard InChI is InChI=1S/C22H20N10O/c23-19-6-18(20-21(28-19)30-31-29-20)5-15-10-27-32(12-15)11-14-1-3-17(4-2-14)22(33)26-9-16-7-24-13-25-8-16/h1-4,6-8,10,12-13H,5,9,11H2,(H,26,33)(H3,23,28,29,30,31). The minimum absolute atomic E-state index is 0.150. The maximum Gasteiger partial charge on any atom is 0.251 e. The highest BCUT2D eigenvalue weighted by Crippen LogP contribution is 2.19. The van der Waals surface area contributed by atoms with Crippen molar-refractivity contribution in [2.45, 2.75) is 19.5 Å². The number of hydrogen-bond donors (Lipinski definition) is 3. The number of carbonyl (C=O) groups excluding carboxylic acids is 1. The number of aromatic amines is 1. The van der Waals surface area contributed by atoms with Crippen molar-refractivity contribution in [3.63, 3.8) is 0 Å². The van der Waals surface area contributed by atoms with Gasteiger partial charge in [0, 0.05) is 42.7 Å². The summed E-state index contributed by atoms with van der Waals surface area (Å²) in [5, 5.41) is 18.0. The van der Waals surface area contributed by atoms with Crippen LogP contribution in [0.2, 0.25) is 0 Å². The molecule has 4 N–H and O–H groups in total. The molecule has 0 saturated carbocycles. The zero-order chi connectivity index (χ0) is 22.6. The molecule has 1 aromatic carbocycles. The zero-order valence-electron chi connectivity index (χ0n) is 17.5. The van der Waals surface area contributed by atoms with Crippen LogP contribution in [0.3, 0.4) is 0 Å². The summed E-state index contributed by atoms with van der Waals surface area (Å²) in [6.45, 7) is 0.961. The number of nitrogens with two attached hydrogens (primary N) is 1. The number of aromatic nitrogens is 8. The van der Waals surface area contributed by atoms with Crippen molar-refractivity contribution in [2.24, 2.45) is 0 Å². The van der Waals surface area contributed by atoms with E-state index in [1.54, 1.807) is 30.6 Å². The summed E-state index contributed by atoms with van der Waals surface area (Å²) in [6, 6.07) is 9.25. The predicted octanol–water partition coefficient (Wildman–Crippen LogP) is 1.49. The minimum atomic E-state index is -0.150. The van der Waals surface area contributed by atoms with E-state index in [0.29, 0.717) is 42.1 Å². The number of fused-ring (bicyclic) bond motifs is 1. The molecule has 0 fully saturated rings. The van der Waals surface area contributed by atoms with Crippen LogP contribution in [0.25, 0.3) is 11.2 Å². The molecular formula is C22H20N10O. The van der Waals surface area contributed by atoms with E-state index >= 15 is 0 Å². The maximum absolute atomic E-state index is 12.4. The molecule has 0 spiro atoms. The van der Waals surface area contributed by atoms with Gasteiger partial charge in [-0.15, -0.1) is 5.10 Å². The molecule has 4 heterocycles. The number of hydrogen-bond acceptors (Lipinski definition) is 8. The number of benzene rings is 1. The van der Waals surface area contributed by atoms with E-state index in [1.807, 2.05) is 29.2 Å². The Morgan fingerprint density at radius 2 is 1.88 bits per heavy atom. The van der Waals surface area contributed by atoms with Crippen LogP contribution in [-0.2, 0) is 19.5 Å². The highest BCUT2D eigenvalue weighted by Gasteiger charge is 2.11. The van der Waals surface area contributed by atoms with E-state index < -0.39 is 0 Å². The van der Waals surface area contributed by atoms with Crippen molar-refractivity contribution in [1.82, 2.24) is 45.5 Å². The van der Waals surface area contributed by atoms with Crippen LogP contribution >= 0.6 is 0 Å². The number of anilines is 1. The fraction of sp³-hybridized carbons (Fsp3) is 0.136. The molecule has 0 aliphatic heterocycles. The SMILES string of the molecule is Nc1cc(Cc2cnn(Cc3ccc(C(=O)NCc4cncnc4)cc3)c2)c2nn[nH]c2n1. The third-order valence-electron chi connectivity index (χ3n) is 5.11. The van der Waals surface area contributed by atoms with Crippen LogP contribution < -0.4 is 11.1 Å². The molecular weight excluding hydrogens is 420 g/mol. The molecule has 0 radical (unpaired) electrons. The van der Waals surface area contributed by atoms with Gasteiger partial charge in [-0.1, -0.05) is 17.3 Å². The molecule has 11 nitrogen and oxygen atoms in total. The van der Waals surface area contributed by atoms with Crippen molar-refractivity contribution >= 4 is 22.9 Å². The Balaban J connectivity index is 1.21. The van der Waals surface area contributed by atoms with Crippen LogP contribution in [0.4, 0.5) is 5.82 Å². The van der Waals surface area contributed by atoms with Gasteiger partial charge in [-0.25, -0.2) is 20.1 Å². The van der Waals surface area contributed by atoms with Gasteiger partial charge >= 0.3 is 0 Å². The van der Waals surface area contributed by atoms with Crippen molar-refractivity contribution in [1.29, 1.82) is 0 Å². The van der Waals surface area contributed by atoms with Crippen molar-refractivity contribution in [3.8, 4) is 0 Å². The average Bonchev–Trinajstić information content (AvgIpc) is 3.48. The average molecular weight is 440 g/mol. The summed E-state index contributed by atoms with van der Waals surface area (Å²) < 4.78 is 1.85. The summed E-state index contributed by atoms with van der Waals surface area (Å²) in [6.07, 6.45) is 9.21. The number of pyridine rings is 1. The Morgan fingerprint density at radius 3 is 2.70 bits per heavy atom. The summed E-state index contributed by atoms with van der Waals surface area (Å²) in [5.74, 6) is 0.264. The number of nitrogens with zero attached hydrogens (tertiary/aromatic N) is 7. The quantitative estimate of drug-likeness (QED) is 0.344. The first kappa shape index (κ1) is 20.2. The van der Waals surface area contributed by atoms with Gasteiger partial charge in [-0.2, -0.15) is 5.10 Å². The molecule has 0 aliphatic carbocycles. The lowest BCUT2D eigenvalue weighted by atomic mass is 10.1.